The standard InChI is InChI=1S/C14H24O2/c1-9-6-10(2)12(11(3)7-9)13-15-8-14(4,5)16-13/h6,10-13H,7-8H2,1-5H3. The predicted octanol–water partition coefficient (Wildman–Crippen LogP) is 3.38. The first-order valence-electron chi connectivity index (χ1n) is 6.36. The highest BCUT2D eigenvalue weighted by molar-refractivity contribution is 5.09. The van der Waals surface area contributed by atoms with Crippen molar-refractivity contribution in [2.45, 2.75) is 52.9 Å². The van der Waals surface area contributed by atoms with Gasteiger partial charge in [0.25, 0.3) is 0 Å². The molecule has 0 saturated carbocycles. The lowest BCUT2D eigenvalue weighted by Crippen LogP contribution is -2.36. The monoisotopic (exact) mass is 224 g/mol. The van der Waals surface area contributed by atoms with Crippen LogP contribution in [0.2, 0.25) is 0 Å². The third-order valence-electron chi connectivity index (χ3n) is 3.80. The lowest BCUT2D eigenvalue weighted by atomic mass is 9.74. The maximum absolute atomic E-state index is 6.01. The van der Waals surface area contributed by atoms with E-state index in [1.54, 1.807) is 0 Å². The molecule has 1 fully saturated rings. The van der Waals surface area contributed by atoms with E-state index in [9.17, 15) is 0 Å². The van der Waals surface area contributed by atoms with E-state index in [2.05, 4.69) is 40.7 Å². The molecule has 0 aromatic carbocycles. The highest BCUT2D eigenvalue weighted by Gasteiger charge is 2.42. The van der Waals surface area contributed by atoms with Gasteiger partial charge in [-0.15, -0.1) is 0 Å². The maximum Gasteiger partial charge on any atom is 0.162 e. The summed E-state index contributed by atoms with van der Waals surface area (Å²) in [4.78, 5) is 0. The minimum absolute atomic E-state index is 0.00986. The highest BCUT2D eigenvalue weighted by atomic mass is 16.7. The molecule has 0 N–H and O–H groups in total. The van der Waals surface area contributed by atoms with Crippen LogP contribution in [0.15, 0.2) is 11.6 Å². The second-order valence-corrected chi connectivity index (χ2v) is 6.19. The summed E-state index contributed by atoms with van der Waals surface area (Å²) in [6, 6.07) is 0. The summed E-state index contributed by atoms with van der Waals surface area (Å²) in [6.45, 7) is 11.7. The van der Waals surface area contributed by atoms with Gasteiger partial charge in [-0.1, -0.05) is 25.5 Å². The highest BCUT2D eigenvalue weighted by Crippen LogP contribution is 2.40. The Balaban J connectivity index is 2.10. The fourth-order valence-electron chi connectivity index (χ4n) is 3.16. The molecule has 4 atom stereocenters. The first-order chi connectivity index (χ1) is 7.39. The summed E-state index contributed by atoms with van der Waals surface area (Å²) >= 11 is 0. The van der Waals surface area contributed by atoms with Crippen LogP contribution in [0.4, 0.5) is 0 Å². The normalized spacial score (nSPS) is 43.2. The Bertz CT molecular complexity index is 293. The summed E-state index contributed by atoms with van der Waals surface area (Å²) in [6.07, 6.45) is 3.55. The molecule has 0 aromatic heterocycles. The summed E-state index contributed by atoms with van der Waals surface area (Å²) in [5, 5.41) is 0. The second kappa shape index (κ2) is 4.15. The number of hydrogen-bond donors (Lipinski definition) is 0. The van der Waals surface area contributed by atoms with E-state index in [-0.39, 0.29) is 11.9 Å². The maximum atomic E-state index is 6.01. The van der Waals surface area contributed by atoms with Crippen molar-refractivity contribution in [2.24, 2.45) is 17.8 Å². The van der Waals surface area contributed by atoms with Crippen molar-refractivity contribution in [3.63, 3.8) is 0 Å². The largest absolute Gasteiger partial charge is 0.349 e. The Morgan fingerprint density at radius 2 is 2.00 bits per heavy atom. The van der Waals surface area contributed by atoms with Crippen molar-refractivity contribution < 1.29 is 9.47 Å². The lowest BCUT2D eigenvalue weighted by molar-refractivity contribution is -0.135. The second-order valence-electron chi connectivity index (χ2n) is 6.19. The van der Waals surface area contributed by atoms with Crippen molar-refractivity contribution in [3.8, 4) is 0 Å². The van der Waals surface area contributed by atoms with Crippen LogP contribution in [0.5, 0.6) is 0 Å². The molecule has 1 aliphatic carbocycles. The minimum atomic E-state index is -0.111. The Labute approximate surface area is 99.0 Å². The molecule has 0 bridgehead atoms. The van der Waals surface area contributed by atoms with Crippen molar-refractivity contribution in [2.75, 3.05) is 6.61 Å². The molecule has 0 radical (unpaired) electrons. The zero-order valence-electron chi connectivity index (χ0n) is 11.1. The van der Waals surface area contributed by atoms with E-state index in [0.29, 0.717) is 17.8 Å². The first-order valence-corrected chi connectivity index (χ1v) is 6.36. The minimum Gasteiger partial charge on any atom is -0.349 e. The molecular formula is C14H24O2. The molecule has 0 aromatic rings. The van der Waals surface area contributed by atoms with E-state index in [1.165, 1.54) is 12.0 Å². The number of allylic oxidation sites excluding steroid dienone is 2. The van der Waals surface area contributed by atoms with Crippen LogP contribution in [0.25, 0.3) is 0 Å². The van der Waals surface area contributed by atoms with Crippen LogP contribution < -0.4 is 0 Å². The Morgan fingerprint density at radius 1 is 1.31 bits per heavy atom. The van der Waals surface area contributed by atoms with Gasteiger partial charge in [-0.2, -0.15) is 0 Å². The number of rotatable bonds is 1. The van der Waals surface area contributed by atoms with Gasteiger partial charge in [-0.25, -0.2) is 0 Å². The Morgan fingerprint density at radius 3 is 2.50 bits per heavy atom. The van der Waals surface area contributed by atoms with Crippen LogP contribution in [0.3, 0.4) is 0 Å². The van der Waals surface area contributed by atoms with Gasteiger partial charge in [0.2, 0.25) is 0 Å². The van der Waals surface area contributed by atoms with Gasteiger partial charge >= 0.3 is 0 Å². The zero-order valence-corrected chi connectivity index (χ0v) is 11.1. The van der Waals surface area contributed by atoms with Crippen molar-refractivity contribution >= 4 is 0 Å². The van der Waals surface area contributed by atoms with Gasteiger partial charge in [0, 0.05) is 5.92 Å². The van der Waals surface area contributed by atoms with Crippen LogP contribution in [-0.2, 0) is 9.47 Å². The van der Waals surface area contributed by atoms with Crippen molar-refractivity contribution in [3.05, 3.63) is 11.6 Å². The molecule has 0 amide bonds. The summed E-state index contributed by atoms with van der Waals surface area (Å²) in [7, 11) is 0. The Kier molecular flexibility index (Phi) is 3.15. The van der Waals surface area contributed by atoms with Gasteiger partial charge in [0.1, 0.15) is 0 Å². The quantitative estimate of drug-likeness (QED) is 0.636. The zero-order chi connectivity index (χ0) is 11.9. The molecule has 1 saturated heterocycles. The van der Waals surface area contributed by atoms with Gasteiger partial charge in [-0.3, -0.25) is 0 Å². The van der Waals surface area contributed by atoms with Gasteiger partial charge < -0.3 is 9.47 Å². The molecule has 0 spiro atoms. The Hall–Kier alpha value is -0.340. The molecular weight excluding hydrogens is 200 g/mol. The molecule has 2 aliphatic rings. The SMILES string of the molecule is CC1=CC(C)C(C2OCC(C)(C)O2)C(C)C1. The molecule has 2 heteroatoms. The molecule has 92 valence electrons. The average Bonchev–Trinajstić information content (AvgIpc) is 2.44. The van der Waals surface area contributed by atoms with Gasteiger partial charge in [0.15, 0.2) is 6.29 Å². The van der Waals surface area contributed by atoms with E-state index in [0.717, 1.165) is 6.61 Å². The fourth-order valence-corrected chi connectivity index (χ4v) is 3.16. The smallest absolute Gasteiger partial charge is 0.162 e. The summed E-state index contributed by atoms with van der Waals surface area (Å²) < 4.78 is 11.8. The summed E-state index contributed by atoms with van der Waals surface area (Å²) in [5.41, 5.74) is 1.40. The van der Waals surface area contributed by atoms with Gasteiger partial charge in [0.05, 0.1) is 12.2 Å². The van der Waals surface area contributed by atoms with Gasteiger partial charge in [-0.05, 0) is 39.0 Å². The van der Waals surface area contributed by atoms with E-state index in [1.807, 2.05) is 0 Å². The van der Waals surface area contributed by atoms with Crippen LogP contribution in [0, 0.1) is 17.8 Å². The van der Waals surface area contributed by atoms with Crippen molar-refractivity contribution in [1.29, 1.82) is 0 Å². The molecule has 1 aliphatic heterocycles. The van der Waals surface area contributed by atoms with E-state index < -0.39 is 0 Å². The third kappa shape index (κ3) is 2.33. The van der Waals surface area contributed by atoms with Crippen LogP contribution in [-0.4, -0.2) is 18.5 Å². The van der Waals surface area contributed by atoms with Crippen molar-refractivity contribution in [1.82, 2.24) is 0 Å². The number of ether oxygens (including phenoxy) is 2. The molecule has 16 heavy (non-hydrogen) atoms. The first kappa shape index (κ1) is 12.1. The topological polar surface area (TPSA) is 18.5 Å². The lowest BCUT2D eigenvalue weighted by Gasteiger charge is -2.36. The average molecular weight is 224 g/mol. The number of hydrogen-bond acceptors (Lipinski definition) is 2. The van der Waals surface area contributed by atoms with Crippen LogP contribution >= 0.6 is 0 Å². The van der Waals surface area contributed by atoms with Crippen LogP contribution in [0.1, 0.15) is 41.0 Å². The van der Waals surface area contributed by atoms with E-state index >= 15 is 0 Å². The molecule has 2 rings (SSSR count). The molecule has 2 nitrogen and oxygen atoms in total. The fraction of sp³-hybridized carbons (Fsp3) is 0.857. The molecule has 4 unspecified atom stereocenters. The van der Waals surface area contributed by atoms with E-state index in [4.69, 9.17) is 9.47 Å². The molecule has 1 heterocycles. The summed E-state index contributed by atoms with van der Waals surface area (Å²) in [5.74, 6) is 1.71. The third-order valence-corrected chi connectivity index (χ3v) is 3.80. The predicted molar refractivity (Wildman–Crippen MR) is 65.1 cm³/mol.